The SMILES string of the molecule is COc1ccc(Cl)cc1-c1nc(CN)oc1C. The average molecular weight is 253 g/mol. The van der Waals surface area contributed by atoms with E-state index >= 15 is 0 Å². The lowest BCUT2D eigenvalue weighted by atomic mass is 10.1. The normalized spacial score (nSPS) is 10.6. The molecule has 4 nitrogen and oxygen atoms in total. The third-order valence-corrected chi connectivity index (χ3v) is 2.67. The Morgan fingerprint density at radius 1 is 1.47 bits per heavy atom. The van der Waals surface area contributed by atoms with Crippen LogP contribution in [0.2, 0.25) is 5.02 Å². The molecule has 0 aliphatic heterocycles. The van der Waals surface area contributed by atoms with E-state index in [4.69, 9.17) is 26.5 Å². The molecular formula is C12H13ClN2O2. The number of ether oxygens (including phenoxy) is 1. The zero-order valence-corrected chi connectivity index (χ0v) is 10.4. The van der Waals surface area contributed by atoms with Crippen molar-refractivity contribution in [2.24, 2.45) is 5.73 Å². The van der Waals surface area contributed by atoms with Gasteiger partial charge in [0.05, 0.1) is 13.7 Å². The molecule has 0 unspecified atom stereocenters. The highest BCUT2D eigenvalue weighted by molar-refractivity contribution is 6.30. The predicted molar refractivity (Wildman–Crippen MR) is 66.1 cm³/mol. The Labute approximate surface area is 104 Å². The molecule has 2 aromatic rings. The molecule has 0 radical (unpaired) electrons. The molecular weight excluding hydrogens is 240 g/mol. The van der Waals surface area contributed by atoms with Crippen LogP contribution in [0.4, 0.5) is 0 Å². The van der Waals surface area contributed by atoms with Crippen molar-refractivity contribution >= 4 is 11.6 Å². The molecule has 0 saturated carbocycles. The first-order valence-corrected chi connectivity index (χ1v) is 5.53. The van der Waals surface area contributed by atoms with E-state index in [2.05, 4.69) is 4.98 Å². The Balaban J connectivity index is 2.58. The van der Waals surface area contributed by atoms with Gasteiger partial charge in [0.2, 0.25) is 5.89 Å². The summed E-state index contributed by atoms with van der Waals surface area (Å²) in [5.41, 5.74) is 7.02. The number of nitrogens with two attached hydrogens (primary N) is 1. The van der Waals surface area contributed by atoms with Crippen LogP contribution in [-0.2, 0) is 6.54 Å². The second kappa shape index (κ2) is 4.77. The van der Waals surface area contributed by atoms with Gasteiger partial charge in [0.25, 0.3) is 0 Å². The van der Waals surface area contributed by atoms with Crippen LogP contribution in [0.3, 0.4) is 0 Å². The third kappa shape index (κ3) is 2.28. The van der Waals surface area contributed by atoms with Gasteiger partial charge in [-0.05, 0) is 25.1 Å². The summed E-state index contributed by atoms with van der Waals surface area (Å²) in [5, 5.41) is 0.623. The highest BCUT2D eigenvalue weighted by Gasteiger charge is 2.15. The first-order valence-electron chi connectivity index (χ1n) is 5.16. The maximum atomic E-state index is 5.98. The second-order valence-electron chi connectivity index (χ2n) is 3.56. The number of methoxy groups -OCH3 is 1. The van der Waals surface area contributed by atoms with E-state index in [1.165, 1.54) is 0 Å². The van der Waals surface area contributed by atoms with Crippen molar-refractivity contribution in [2.75, 3.05) is 7.11 Å². The van der Waals surface area contributed by atoms with E-state index in [1.54, 1.807) is 25.3 Å². The zero-order valence-electron chi connectivity index (χ0n) is 9.66. The van der Waals surface area contributed by atoms with E-state index in [0.29, 0.717) is 28.1 Å². The molecule has 0 aliphatic rings. The fourth-order valence-corrected chi connectivity index (χ4v) is 1.83. The maximum Gasteiger partial charge on any atom is 0.208 e. The summed E-state index contributed by atoms with van der Waals surface area (Å²) in [6.45, 7) is 2.10. The molecule has 2 N–H and O–H groups in total. The molecule has 0 aliphatic carbocycles. The average Bonchev–Trinajstić information content (AvgIpc) is 2.70. The van der Waals surface area contributed by atoms with Crippen LogP contribution in [0.1, 0.15) is 11.7 Å². The molecule has 1 aromatic heterocycles. The minimum atomic E-state index is 0.268. The van der Waals surface area contributed by atoms with Crippen molar-refractivity contribution in [2.45, 2.75) is 13.5 Å². The summed E-state index contributed by atoms with van der Waals surface area (Å²) >= 11 is 5.98. The van der Waals surface area contributed by atoms with Gasteiger partial charge in [-0.15, -0.1) is 0 Å². The molecule has 0 fully saturated rings. The van der Waals surface area contributed by atoms with Crippen LogP contribution >= 0.6 is 11.6 Å². The van der Waals surface area contributed by atoms with E-state index in [9.17, 15) is 0 Å². The van der Waals surface area contributed by atoms with Gasteiger partial charge in [-0.3, -0.25) is 0 Å². The number of hydrogen-bond acceptors (Lipinski definition) is 4. The highest BCUT2D eigenvalue weighted by Crippen LogP contribution is 2.33. The molecule has 5 heteroatoms. The molecule has 0 amide bonds. The summed E-state index contributed by atoms with van der Waals surface area (Å²) in [5.74, 6) is 1.90. The Bertz CT molecular complexity index is 537. The maximum absolute atomic E-state index is 5.98. The summed E-state index contributed by atoms with van der Waals surface area (Å²) in [6, 6.07) is 5.36. The molecule has 0 spiro atoms. The Morgan fingerprint density at radius 3 is 2.82 bits per heavy atom. The van der Waals surface area contributed by atoms with Crippen LogP contribution in [0.5, 0.6) is 5.75 Å². The lowest BCUT2D eigenvalue weighted by molar-refractivity contribution is 0.416. The largest absolute Gasteiger partial charge is 0.496 e. The number of rotatable bonds is 3. The van der Waals surface area contributed by atoms with Gasteiger partial charge in [0, 0.05) is 10.6 Å². The van der Waals surface area contributed by atoms with Gasteiger partial charge in [-0.1, -0.05) is 11.6 Å². The molecule has 0 saturated heterocycles. The number of oxazole rings is 1. The minimum absolute atomic E-state index is 0.268. The molecule has 1 heterocycles. The van der Waals surface area contributed by atoms with E-state index in [-0.39, 0.29) is 6.54 Å². The van der Waals surface area contributed by atoms with Gasteiger partial charge in [0.1, 0.15) is 17.2 Å². The van der Waals surface area contributed by atoms with Crippen LogP contribution < -0.4 is 10.5 Å². The molecule has 90 valence electrons. The van der Waals surface area contributed by atoms with E-state index in [0.717, 1.165) is 5.56 Å². The van der Waals surface area contributed by atoms with E-state index < -0.39 is 0 Å². The Kier molecular flexibility index (Phi) is 3.36. The van der Waals surface area contributed by atoms with Crippen molar-refractivity contribution in [3.8, 4) is 17.0 Å². The summed E-state index contributed by atoms with van der Waals surface area (Å²) < 4.78 is 10.7. The number of nitrogens with zero attached hydrogens (tertiary/aromatic N) is 1. The van der Waals surface area contributed by atoms with Crippen molar-refractivity contribution in [1.29, 1.82) is 0 Å². The molecule has 2 rings (SSSR count). The second-order valence-corrected chi connectivity index (χ2v) is 4.00. The van der Waals surface area contributed by atoms with Crippen LogP contribution in [-0.4, -0.2) is 12.1 Å². The summed E-state index contributed by atoms with van der Waals surface area (Å²) in [6.07, 6.45) is 0. The number of aromatic nitrogens is 1. The fourth-order valence-electron chi connectivity index (χ4n) is 1.65. The number of hydrogen-bond donors (Lipinski definition) is 1. The van der Waals surface area contributed by atoms with Gasteiger partial charge >= 0.3 is 0 Å². The fraction of sp³-hybridized carbons (Fsp3) is 0.250. The standard InChI is InChI=1S/C12H13ClN2O2/c1-7-12(15-11(6-14)17-7)9-5-8(13)3-4-10(9)16-2/h3-5H,6,14H2,1-2H3. The molecule has 0 atom stereocenters. The van der Waals surface area contributed by atoms with Gasteiger partial charge in [0.15, 0.2) is 0 Å². The van der Waals surface area contributed by atoms with Crippen LogP contribution in [0, 0.1) is 6.92 Å². The predicted octanol–water partition coefficient (Wildman–Crippen LogP) is 2.77. The van der Waals surface area contributed by atoms with Gasteiger partial charge in [-0.25, -0.2) is 4.98 Å². The first-order chi connectivity index (χ1) is 8.15. The number of aryl methyl sites for hydroxylation is 1. The summed E-state index contributed by atoms with van der Waals surface area (Å²) in [7, 11) is 1.60. The lowest BCUT2D eigenvalue weighted by Gasteiger charge is -2.06. The Hall–Kier alpha value is -1.52. The molecule has 1 aromatic carbocycles. The Morgan fingerprint density at radius 2 is 2.24 bits per heavy atom. The quantitative estimate of drug-likeness (QED) is 0.912. The van der Waals surface area contributed by atoms with Crippen molar-refractivity contribution in [3.63, 3.8) is 0 Å². The summed E-state index contributed by atoms with van der Waals surface area (Å²) in [4.78, 5) is 4.32. The number of halogens is 1. The first kappa shape index (κ1) is 12.0. The zero-order chi connectivity index (χ0) is 12.4. The third-order valence-electron chi connectivity index (χ3n) is 2.43. The molecule has 0 bridgehead atoms. The van der Waals surface area contributed by atoms with Crippen LogP contribution in [0.25, 0.3) is 11.3 Å². The molecule has 17 heavy (non-hydrogen) atoms. The van der Waals surface area contributed by atoms with Crippen molar-refractivity contribution < 1.29 is 9.15 Å². The van der Waals surface area contributed by atoms with Crippen molar-refractivity contribution in [1.82, 2.24) is 4.98 Å². The van der Waals surface area contributed by atoms with Crippen LogP contribution in [0.15, 0.2) is 22.6 Å². The van der Waals surface area contributed by atoms with E-state index in [1.807, 2.05) is 6.92 Å². The topological polar surface area (TPSA) is 61.3 Å². The van der Waals surface area contributed by atoms with Gasteiger partial charge in [-0.2, -0.15) is 0 Å². The number of benzene rings is 1. The highest BCUT2D eigenvalue weighted by atomic mass is 35.5. The minimum Gasteiger partial charge on any atom is -0.496 e. The monoisotopic (exact) mass is 252 g/mol. The smallest absolute Gasteiger partial charge is 0.208 e. The lowest BCUT2D eigenvalue weighted by Crippen LogP contribution is -1.96. The van der Waals surface area contributed by atoms with Gasteiger partial charge < -0.3 is 14.9 Å². The van der Waals surface area contributed by atoms with Crippen molar-refractivity contribution in [3.05, 3.63) is 34.9 Å².